The number of rotatable bonds is 6. The Morgan fingerprint density at radius 2 is 1.83 bits per heavy atom. The van der Waals surface area contributed by atoms with Gasteiger partial charge in [0.1, 0.15) is 0 Å². The molecule has 9 heteroatoms. The second kappa shape index (κ2) is 8.31. The number of benzene rings is 2. The van der Waals surface area contributed by atoms with Gasteiger partial charge in [-0.2, -0.15) is 4.98 Å². The largest absolute Gasteiger partial charge is 0.418 e. The second-order valence-corrected chi connectivity index (χ2v) is 10.2. The van der Waals surface area contributed by atoms with Crippen LogP contribution in [0.3, 0.4) is 0 Å². The molecule has 0 aliphatic rings. The van der Waals surface area contributed by atoms with Crippen molar-refractivity contribution in [1.29, 1.82) is 0 Å². The van der Waals surface area contributed by atoms with Gasteiger partial charge >= 0.3 is 0 Å². The van der Waals surface area contributed by atoms with Gasteiger partial charge in [-0.15, -0.1) is 11.3 Å². The van der Waals surface area contributed by atoms with Gasteiger partial charge in [0.15, 0.2) is 0 Å². The average molecular weight is 510 g/mol. The van der Waals surface area contributed by atoms with Crippen molar-refractivity contribution in [1.82, 2.24) is 4.98 Å². The number of thiophene rings is 1. The lowest BCUT2D eigenvalue weighted by atomic mass is 10.2. The SMILES string of the molecule is O=S(=O)(c1ccc(Br)cc1)c1nc(-c2cccs2)oc1NCc1ccccc1Cl. The Kier molecular flexibility index (Phi) is 5.78. The number of nitrogens with zero attached hydrogens (tertiary/aromatic N) is 1. The lowest BCUT2D eigenvalue weighted by Crippen LogP contribution is -2.07. The molecule has 0 bridgehead atoms. The molecule has 4 rings (SSSR count). The Labute approximate surface area is 185 Å². The first kappa shape index (κ1) is 20.2. The van der Waals surface area contributed by atoms with Crippen LogP contribution in [0.25, 0.3) is 10.8 Å². The van der Waals surface area contributed by atoms with E-state index in [-0.39, 0.29) is 21.7 Å². The van der Waals surface area contributed by atoms with Crippen molar-refractivity contribution in [2.75, 3.05) is 5.32 Å². The highest BCUT2D eigenvalue weighted by atomic mass is 79.9. The highest BCUT2D eigenvalue weighted by molar-refractivity contribution is 9.10. The van der Waals surface area contributed by atoms with Crippen LogP contribution in [0.4, 0.5) is 5.88 Å². The van der Waals surface area contributed by atoms with Gasteiger partial charge < -0.3 is 9.73 Å². The van der Waals surface area contributed by atoms with Crippen molar-refractivity contribution >= 4 is 54.6 Å². The maximum Gasteiger partial charge on any atom is 0.240 e. The summed E-state index contributed by atoms with van der Waals surface area (Å²) >= 11 is 10.9. The van der Waals surface area contributed by atoms with E-state index in [4.69, 9.17) is 16.0 Å². The maximum atomic E-state index is 13.2. The van der Waals surface area contributed by atoms with Crippen molar-refractivity contribution < 1.29 is 12.8 Å². The minimum absolute atomic E-state index is 0.0799. The highest BCUT2D eigenvalue weighted by Gasteiger charge is 2.28. The van der Waals surface area contributed by atoms with Crippen molar-refractivity contribution in [2.24, 2.45) is 0 Å². The predicted molar refractivity (Wildman–Crippen MR) is 118 cm³/mol. The van der Waals surface area contributed by atoms with Crippen molar-refractivity contribution in [3.63, 3.8) is 0 Å². The van der Waals surface area contributed by atoms with Crippen LogP contribution in [0.15, 0.2) is 84.9 Å². The fourth-order valence-electron chi connectivity index (χ4n) is 2.65. The van der Waals surface area contributed by atoms with Gasteiger partial charge in [0.05, 0.1) is 9.77 Å². The zero-order chi connectivity index (χ0) is 20.4. The Balaban J connectivity index is 1.75. The summed E-state index contributed by atoms with van der Waals surface area (Å²) in [5, 5.41) is 5.34. The minimum Gasteiger partial charge on any atom is -0.418 e. The van der Waals surface area contributed by atoms with Crippen LogP contribution < -0.4 is 5.32 Å². The zero-order valence-corrected chi connectivity index (χ0v) is 18.8. The number of halogens is 2. The van der Waals surface area contributed by atoms with Gasteiger partial charge in [-0.05, 0) is 47.3 Å². The molecule has 1 N–H and O–H groups in total. The molecule has 2 aromatic carbocycles. The summed E-state index contributed by atoms with van der Waals surface area (Å²) in [5.74, 6) is 0.327. The van der Waals surface area contributed by atoms with Crippen molar-refractivity contribution in [3.8, 4) is 10.8 Å². The number of anilines is 1. The smallest absolute Gasteiger partial charge is 0.240 e. The summed E-state index contributed by atoms with van der Waals surface area (Å²) in [6.45, 7) is 0.293. The second-order valence-electron chi connectivity index (χ2n) is 6.03. The predicted octanol–water partition coefficient (Wildman–Crippen LogP) is 6.26. The van der Waals surface area contributed by atoms with Gasteiger partial charge in [0, 0.05) is 16.0 Å². The van der Waals surface area contributed by atoms with Crippen molar-refractivity contribution in [3.05, 3.63) is 81.1 Å². The monoisotopic (exact) mass is 508 g/mol. The first-order chi connectivity index (χ1) is 13.9. The summed E-state index contributed by atoms with van der Waals surface area (Å²) in [5.41, 5.74) is 0.815. The van der Waals surface area contributed by atoms with E-state index in [0.29, 0.717) is 11.6 Å². The number of aromatic nitrogens is 1. The third-order valence-corrected chi connectivity index (χ3v) is 7.54. The fourth-order valence-corrected chi connectivity index (χ4v) is 5.04. The number of sulfone groups is 1. The molecule has 29 heavy (non-hydrogen) atoms. The van der Waals surface area contributed by atoms with Gasteiger partial charge in [0.25, 0.3) is 0 Å². The summed E-state index contributed by atoms with van der Waals surface area (Å²) in [4.78, 5) is 5.18. The van der Waals surface area contributed by atoms with E-state index >= 15 is 0 Å². The standard InChI is InChI=1S/C20H14BrClN2O3S2/c21-14-7-9-15(10-8-14)29(25,26)20-19(23-12-13-4-1-2-5-16(13)22)27-18(24-20)17-6-3-11-28-17/h1-11,23H,12H2. The lowest BCUT2D eigenvalue weighted by Gasteiger charge is -2.07. The molecule has 0 unspecified atom stereocenters. The van der Waals surface area contributed by atoms with Crippen LogP contribution in [-0.4, -0.2) is 13.4 Å². The normalized spacial score (nSPS) is 11.5. The van der Waals surface area contributed by atoms with Crippen LogP contribution in [0.2, 0.25) is 5.02 Å². The molecule has 148 valence electrons. The van der Waals surface area contributed by atoms with Crippen molar-refractivity contribution in [2.45, 2.75) is 16.5 Å². The Morgan fingerprint density at radius 1 is 1.07 bits per heavy atom. The Hall–Kier alpha value is -2.13. The van der Waals surface area contributed by atoms with Gasteiger partial charge in [0.2, 0.25) is 26.6 Å². The Bertz CT molecular complexity index is 1240. The number of oxazole rings is 1. The highest BCUT2D eigenvalue weighted by Crippen LogP contribution is 2.34. The molecule has 0 atom stereocenters. The molecule has 2 heterocycles. The molecule has 5 nitrogen and oxygen atoms in total. The van der Waals surface area contributed by atoms with Crippen LogP contribution in [0.5, 0.6) is 0 Å². The average Bonchev–Trinajstić information content (AvgIpc) is 3.38. The summed E-state index contributed by atoms with van der Waals surface area (Å²) in [6, 6.07) is 17.4. The fraction of sp³-hybridized carbons (Fsp3) is 0.0500. The number of hydrogen-bond acceptors (Lipinski definition) is 6. The summed E-state index contributed by atoms with van der Waals surface area (Å²) < 4.78 is 33.0. The summed E-state index contributed by atoms with van der Waals surface area (Å²) in [7, 11) is -3.89. The van der Waals surface area contributed by atoms with E-state index in [1.54, 1.807) is 18.2 Å². The molecule has 0 saturated carbocycles. The lowest BCUT2D eigenvalue weighted by molar-refractivity contribution is 0.577. The van der Waals surface area contributed by atoms with E-state index in [2.05, 4.69) is 26.2 Å². The molecule has 0 spiro atoms. The van der Waals surface area contributed by atoms with E-state index in [1.807, 2.05) is 35.7 Å². The Morgan fingerprint density at radius 3 is 2.52 bits per heavy atom. The third-order valence-electron chi connectivity index (χ3n) is 4.10. The maximum absolute atomic E-state index is 13.2. The van der Waals surface area contributed by atoms with Crippen LogP contribution in [0, 0.1) is 0 Å². The molecule has 0 aliphatic carbocycles. The van der Waals surface area contributed by atoms with Gasteiger partial charge in [-0.1, -0.05) is 51.8 Å². The first-order valence-electron chi connectivity index (χ1n) is 8.48. The molecule has 2 aromatic heterocycles. The third kappa shape index (κ3) is 4.25. The van der Waals surface area contributed by atoms with Gasteiger partial charge in [-0.25, -0.2) is 8.42 Å². The van der Waals surface area contributed by atoms with E-state index in [0.717, 1.165) is 14.9 Å². The first-order valence-corrected chi connectivity index (χ1v) is 12.0. The molecule has 0 fully saturated rings. The molecule has 0 aliphatic heterocycles. The molecule has 4 aromatic rings. The molecule has 0 amide bonds. The zero-order valence-electron chi connectivity index (χ0n) is 14.8. The molecule has 0 radical (unpaired) electrons. The minimum atomic E-state index is -3.89. The molecular weight excluding hydrogens is 496 g/mol. The van der Waals surface area contributed by atoms with Crippen LogP contribution in [0.1, 0.15) is 5.56 Å². The molecular formula is C20H14BrClN2O3S2. The summed E-state index contributed by atoms with van der Waals surface area (Å²) in [6.07, 6.45) is 0. The van der Waals surface area contributed by atoms with Crippen LogP contribution >= 0.6 is 38.9 Å². The molecule has 0 saturated heterocycles. The van der Waals surface area contributed by atoms with E-state index < -0.39 is 9.84 Å². The quantitative estimate of drug-likeness (QED) is 0.332. The van der Waals surface area contributed by atoms with Gasteiger partial charge in [-0.3, -0.25) is 0 Å². The van der Waals surface area contributed by atoms with Crippen LogP contribution in [-0.2, 0) is 16.4 Å². The van der Waals surface area contributed by atoms with E-state index in [1.165, 1.54) is 23.5 Å². The van der Waals surface area contributed by atoms with E-state index in [9.17, 15) is 8.42 Å². The number of hydrogen-bond donors (Lipinski definition) is 1. The number of nitrogens with one attached hydrogen (secondary N) is 1. The topological polar surface area (TPSA) is 72.2 Å².